The molecule has 1 fully saturated rings. The van der Waals surface area contributed by atoms with Gasteiger partial charge in [0, 0.05) is 24.9 Å². The molecule has 0 aromatic heterocycles. The maximum atomic E-state index is 12.9. The molecule has 2 aliphatic rings. The van der Waals surface area contributed by atoms with Crippen molar-refractivity contribution in [2.24, 2.45) is 10.6 Å². The molecule has 4 N–H and O–H groups in total. The van der Waals surface area contributed by atoms with Crippen molar-refractivity contribution in [3.05, 3.63) is 35.4 Å². The van der Waals surface area contributed by atoms with E-state index >= 15 is 0 Å². The lowest BCUT2D eigenvalue weighted by Gasteiger charge is -2.41. The minimum Gasteiger partial charge on any atom is -0.481 e. The van der Waals surface area contributed by atoms with E-state index in [2.05, 4.69) is 35.0 Å². The third kappa shape index (κ3) is 8.79. The molecule has 12 heteroatoms. The third-order valence-corrected chi connectivity index (χ3v) is 6.77. The summed E-state index contributed by atoms with van der Waals surface area (Å²) in [5.41, 5.74) is -0.0703. The van der Waals surface area contributed by atoms with E-state index in [1.54, 1.807) is 0 Å². The van der Waals surface area contributed by atoms with Crippen molar-refractivity contribution in [3.63, 3.8) is 0 Å². The van der Waals surface area contributed by atoms with Crippen molar-refractivity contribution in [1.82, 2.24) is 4.90 Å². The van der Waals surface area contributed by atoms with E-state index in [9.17, 15) is 19.2 Å². The van der Waals surface area contributed by atoms with Gasteiger partial charge in [-0.2, -0.15) is 0 Å². The van der Waals surface area contributed by atoms with E-state index < -0.39 is 41.8 Å². The number of hydrogen-bond acceptors (Lipinski definition) is 9. The molecule has 2 atom stereocenters. The lowest BCUT2D eigenvalue weighted by atomic mass is 9.74. The third-order valence-electron chi connectivity index (χ3n) is 6.77. The first kappa shape index (κ1) is 32.3. The Morgan fingerprint density at radius 2 is 1.85 bits per heavy atom. The number of esters is 1. The predicted octanol–water partition coefficient (Wildman–Crippen LogP) is 1.91. The molecule has 1 aromatic carbocycles. The summed E-state index contributed by atoms with van der Waals surface area (Å²) in [6, 6.07) is 8.17. The smallest absolute Gasteiger partial charge is 0.336 e. The van der Waals surface area contributed by atoms with Crippen LogP contribution in [0.25, 0.3) is 0 Å². The molecule has 0 amide bonds. The number of nitrogens with zero attached hydrogens (tertiary/aromatic N) is 2. The molecule has 2 unspecified atom stereocenters. The second-order valence-corrected chi connectivity index (χ2v) is 9.99. The summed E-state index contributed by atoms with van der Waals surface area (Å²) in [4.78, 5) is 51.3. The van der Waals surface area contributed by atoms with Crippen molar-refractivity contribution in [2.45, 2.75) is 64.1 Å². The molecule has 3 rings (SSSR count). The summed E-state index contributed by atoms with van der Waals surface area (Å²) in [6.07, 6.45) is 6.13. The van der Waals surface area contributed by atoms with E-state index in [1.165, 1.54) is 5.56 Å². The molecule has 0 saturated carbocycles. The molecule has 1 saturated heterocycles. The number of oxime groups is 1. The number of terminal acetylenes is 1. The van der Waals surface area contributed by atoms with Crippen LogP contribution >= 0.6 is 0 Å². The zero-order valence-corrected chi connectivity index (χ0v) is 22.7. The Kier molecular flexibility index (Phi) is 11.6. The molecule has 0 aliphatic carbocycles. The van der Waals surface area contributed by atoms with Crippen molar-refractivity contribution in [3.8, 4) is 12.3 Å². The fraction of sp³-hybridized carbons (Fsp3) is 0.536. The summed E-state index contributed by atoms with van der Waals surface area (Å²) < 4.78 is 5.44. The van der Waals surface area contributed by atoms with Crippen molar-refractivity contribution in [2.75, 3.05) is 26.2 Å². The van der Waals surface area contributed by atoms with Crippen molar-refractivity contribution >= 4 is 29.6 Å². The quantitative estimate of drug-likeness (QED) is 0.229. The van der Waals surface area contributed by atoms with Crippen LogP contribution in [0, 0.1) is 24.7 Å². The van der Waals surface area contributed by atoms with Gasteiger partial charge in [-0.25, -0.2) is 4.79 Å². The van der Waals surface area contributed by atoms with Gasteiger partial charge < -0.3 is 30.0 Å². The van der Waals surface area contributed by atoms with Crippen molar-refractivity contribution < 1.29 is 49.2 Å². The molecule has 0 spiro atoms. The van der Waals surface area contributed by atoms with E-state index in [4.69, 9.17) is 36.4 Å². The van der Waals surface area contributed by atoms with Gasteiger partial charge in [-0.3, -0.25) is 19.3 Å². The number of aliphatic hydroxyl groups is 1. The van der Waals surface area contributed by atoms with Crippen LogP contribution in [0.3, 0.4) is 0 Å². The molecule has 40 heavy (non-hydrogen) atoms. The van der Waals surface area contributed by atoms with Gasteiger partial charge in [0.05, 0.1) is 37.1 Å². The first-order chi connectivity index (χ1) is 18.9. The molecular weight excluding hydrogens is 524 g/mol. The standard InChI is InChI=1S/C22H28N2O3.C6H8O7/c1-4-12-24-13-8-11-22(16-24,21(25)26-5-2)15-18-14-20(23-27-18)19-10-7-6-9-17(19)3;7-3(8)1-6(13,5(11)12)2-4(9)10/h1,6-7,9-10,18H,5,8,11-16H2,2-3H3;13H,1-2H2,(H,7,8)(H,9,10)(H,11,12). The van der Waals surface area contributed by atoms with Gasteiger partial charge in [-0.05, 0) is 38.8 Å². The SMILES string of the molecule is C#CCN1CCCC(CC2CC(c3ccccc3C)=NO2)(C(=O)OCC)C1.O=C(O)CC(O)(CC(=O)O)C(=O)O. The van der Waals surface area contributed by atoms with Gasteiger partial charge in [0.2, 0.25) is 0 Å². The largest absolute Gasteiger partial charge is 0.481 e. The van der Waals surface area contributed by atoms with Crippen LogP contribution in [0.1, 0.15) is 56.6 Å². The molecule has 1 aromatic rings. The van der Waals surface area contributed by atoms with Gasteiger partial charge in [-0.15, -0.1) is 6.42 Å². The number of ether oxygens (including phenoxy) is 1. The molecule has 2 aliphatic heterocycles. The van der Waals surface area contributed by atoms with E-state index in [1.807, 2.05) is 19.1 Å². The van der Waals surface area contributed by atoms with Crippen LogP contribution in [0.2, 0.25) is 0 Å². The number of likely N-dealkylation sites (tertiary alicyclic amines) is 1. The zero-order chi connectivity index (χ0) is 29.9. The minimum absolute atomic E-state index is 0.116. The second kappa shape index (κ2) is 14.4. The highest BCUT2D eigenvalue weighted by atomic mass is 16.6. The second-order valence-electron chi connectivity index (χ2n) is 9.99. The average molecular weight is 561 g/mol. The maximum absolute atomic E-state index is 12.9. The summed E-state index contributed by atoms with van der Waals surface area (Å²) in [7, 11) is 0. The van der Waals surface area contributed by atoms with Crippen LogP contribution < -0.4 is 0 Å². The molecule has 12 nitrogen and oxygen atoms in total. The Morgan fingerprint density at radius 3 is 2.40 bits per heavy atom. The van der Waals surface area contributed by atoms with E-state index in [-0.39, 0.29) is 12.1 Å². The molecule has 0 radical (unpaired) electrons. The number of hydrogen-bond donors (Lipinski definition) is 4. The maximum Gasteiger partial charge on any atom is 0.336 e. The minimum atomic E-state index is -2.74. The number of carboxylic acid groups (broad SMARTS) is 3. The highest BCUT2D eigenvalue weighted by molar-refractivity contribution is 6.02. The van der Waals surface area contributed by atoms with Gasteiger partial charge in [0.25, 0.3) is 0 Å². The van der Waals surface area contributed by atoms with Crippen LogP contribution in [-0.4, -0.2) is 92.9 Å². The average Bonchev–Trinajstić information content (AvgIpc) is 3.32. The molecule has 2 heterocycles. The Labute approximate surface area is 232 Å². The topological polar surface area (TPSA) is 183 Å². The predicted molar refractivity (Wildman–Crippen MR) is 142 cm³/mol. The first-order valence-electron chi connectivity index (χ1n) is 12.9. The Morgan fingerprint density at radius 1 is 1.20 bits per heavy atom. The number of carbonyl (C=O) groups excluding carboxylic acids is 1. The fourth-order valence-electron chi connectivity index (χ4n) is 4.94. The van der Waals surface area contributed by atoms with Crippen LogP contribution in [-0.2, 0) is 28.8 Å². The number of benzene rings is 1. The Balaban J connectivity index is 0.000000366. The van der Waals surface area contributed by atoms with Gasteiger partial charge >= 0.3 is 23.9 Å². The highest BCUT2D eigenvalue weighted by Gasteiger charge is 2.46. The zero-order valence-electron chi connectivity index (χ0n) is 22.7. The lowest BCUT2D eigenvalue weighted by Crippen LogP contribution is -2.50. The van der Waals surface area contributed by atoms with Crippen LogP contribution in [0.4, 0.5) is 0 Å². The molecule has 218 valence electrons. The lowest BCUT2D eigenvalue weighted by molar-refractivity contribution is -0.170. The number of aliphatic carboxylic acids is 3. The number of rotatable bonds is 11. The van der Waals surface area contributed by atoms with E-state index in [0.717, 1.165) is 30.7 Å². The van der Waals surface area contributed by atoms with Gasteiger partial charge in [0.1, 0.15) is 6.10 Å². The monoisotopic (exact) mass is 560 g/mol. The Hall–Kier alpha value is -3.95. The summed E-state index contributed by atoms with van der Waals surface area (Å²) >= 11 is 0. The van der Waals surface area contributed by atoms with Crippen LogP contribution in [0.5, 0.6) is 0 Å². The summed E-state index contributed by atoms with van der Waals surface area (Å²) in [6.45, 7) is 6.39. The number of carboxylic acids is 3. The number of carbonyl (C=O) groups is 4. The van der Waals surface area contributed by atoms with E-state index in [0.29, 0.717) is 32.5 Å². The number of aryl methyl sites for hydroxylation is 1. The highest BCUT2D eigenvalue weighted by Crippen LogP contribution is 2.39. The fourth-order valence-corrected chi connectivity index (χ4v) is 4.94. The van der Waals surface area contributed by atoms with Crippen LogP contribution in [0.15, 0.2) is 29.4 Å². The summed E-state index contributed by atoms with van der Waals surface area (Å²) in [5, 5.41) is 38.1. The first-order valence-corrected chi connectivity index (χ1v) is 12.9. The Bertz CT molecular complexity index is 1140. The van der Waals surface area contributed by atoms with Gasteiger partial charge in [0.15, 0.2) is 5.60 Å². The number of piperidine rings is 1. The molecule has 0 bridgehead atoms. The van der Waals surface area contributed by atoms with Crippen molar-refractivity contribution in [1.29, 1.82) is 0 Å². The summed E-state index contributed by atoms with van der Waals surface area (Å²) in [5.74, 6) is -2.46. The van der Waals surface area contributed by atoms with Gasteiger partial charge in [-0.1, -0.05) is 35.3 Å². The molecular formula is C28H36N2O10. The normalized spacial score (nSPS) is 20.6.